The van der Waals surface area contributed by atoms with Gasteiger partial charge in [-0.2, -0.15) is 0 Å². The Bertz CT molecular complexity index is 412. The first-order chi connectivity index (χ1) is 10.2. The van der Waals surface area contributed by atoms with E-state index in [9.17, 15) is 0 Å². The molecule has 2 N–H and O–H groups in total. The maximum atomic E-state index is 6.16. The number of nitrogens with two attached hydrogens (primary N) is 1. The van der Waals surface area contributed by atoms with E-state index in [-0.39, 0.29) is 5.54 Å². The molecule has 1 aliphatic rings. The van der Waals surface area contributed by atoms with Gasteiger partial charge in [-0.3, -0.25) is 9.80 Å². The summed E-state index contributed by atoms with van der Waals surface area (Å²) in [5.74, 6) is 0. The van der Waals surface area contributed by atoms with Crippen molar-refractivity contribution in [2.45, 2.75) is 24.9 Å². The summed E-state index contributed by atoms with van der Waals surface area (Å²) in [4.78, 5) is 4.93. The maximum absolute atomic E-state index is 6.16. The van der Waals surface area contributed by atoms with Crippen LogP contribution < -0.4 is 5.73 Å². The van der Waals surface area contributed by atoms with Crippen molar-refractivity contribution in [3.05, 3.63) is 35.9 Å². The molecule has 1 atom stereocenters. The molecule has 1 heterocycles. The van der Waals surface area contributed by atoms with Crippen molar-refractivity contribution in [3.63, 3.8) is 0 Å². The molecule has 118 valence electrons. The Morgan fingerprint density at radius 1 is 1.33 bits per heavy atom. The SMILES string of the molecule is COCCN(C)C1(CN)CCCN(Cc2ccccc2)C1. The van der Waals surface area contributed by atoms with Crippen molar-refractivity contribution in [1.29, 1.82) is 0 Å². The molecule has 0 aliphatic carbocycles. The van der Waals surface area contributed by atoms with E-state index < -0.39 is 0 Å². The third kappa shape index (κ3) is 4.27. The molecule has 0 aromatic heterocycles. The fourth-order valence-electron chi connectivity index (χ4n) is 3.28. The highest BCUT2D eigenvalue weighted by Crippen LogP contribution is 2.26. The van der Waals surface area contributed by atoms with Gasteiger partial charge in [0.25, 0.3) is 0 Å². The number of rotatable bonds is 7. The van der Waals surface area contributed by atoms with Crippen LogP contribution in [0.5, 0.6) is 0 Å². The highest BCUT2D eigenvalue weighted by Gasteiger charge is 2.37. The minimum absolute atomic E-state index is 0.0888. The van der Waals surface area contributed by atoms with Gasteiger partial charge >= 0.3 is 0 Å². The molecule has 0 bridgehead atoms. The lowest BCUT2D eigenvalue weighted by Gasteiger charge is -2.48. The highest BCUT2D eigenvalue weighted by molar-refractivity contribution is 5.15. The van der Waals surface area contributed by atoms with Crippen molar-refractivity contribution in [2.24, 2.45) is 5.73 Å². The summed E-state index contributed by atoms with van der Waals surface area (Å²) in [5, 5.41) is 0. The fraction of sp³-hybridized carbons (Fsp3) is 0.647. The number of hydrogen-bond acceptors (Lipinski definition) is 4. The van der Waals surface area contributed by atoms with Crippen LogP contribution in [0.2, 0.25) is 0 Å². The van der Waals surface area contributed by atoms with Gasteiger partial charge in [0.15, 0.2) is 0 Å². The van der Waals surface area contributed by atoms with Gasteiger partial charge < -0.3 is 10.5 Å². The molecule has 1 aliphatic heterocycles. The zero-order valence-electron chi connectivity index (χ0n) is 13.4. The molecule has 2 rings (SSSR count). The highest BCUT2D eigenvalue weighted by atomic mass is 16.5. The third-order valence-electron chi connectivity index (χ3n) is 4.70. The second kappa shape index (κ2) is 7.90. The fourth-order valence-corrected chi connectivity index (χ4v) is 3.28. The number of benzene rings is 1. The summed E-state index contributed by atoms with van der Waals surface area (Å²) in [6, 6.07) is 10.7. The average molecular weight is 291 g/mol. The zero-order valence-corrected chi connectivity index (χ0v) is 13.4. The first kappa shape index (κ1) is 16.4. The summed E-state index contributed by atoms with van der Waals surface area (Å²) in [6.45, 7) is 5.62. The predicted octanol–water partition coefficient (Wildman–Crippen LogP) is 1.56. The van der Waals surface area contributed by atoms with Gasteiger partial charge in [-0.1, -0.05) is 30.3 Å². The Morgan fingerprint density at radius 2 is 2.10 bits per heavy atom. The first-order valence-corrected chi connectivity index (χ1v) is 7.87. The standard InChI is InChI=1S/C17H29N3O/c1-19(11-12-21-2)17(14-18)9-6-10-20(15-17)13-16-7-4-3-5-8-16/h3-5,7-8H,6,9-15,18H2,1-2H3. The number of piperidine rings is 1. The molecule has 1 aromatic carbocycles. The summed E-state index contributed by atoms with van der Waals surface area (Å²) in [5.41, 5.74) is 7.63. The monoisotopic (exact) mass is 291 g/mol. The van der Waals surface area contributed by atoms with Crippen molar-refractivity contribution < 1.29 is 4.74 Å². The number of nitrogens with zero attached hydrogens (tertiary/aromatic N) is 2. The molecular weight excluding hydrogens is 262 g/mol. The van der Waals surface area contributed by atoms with Gasteiger partial charge in [-0.15, -0.1) is 0 Å². The molecule has 0 saturated carbocycles. The molecule has 0 spiro atoms. The van der Waals surface area contributed by atoms with E-state index in [0.717, 1.165) is 32.8 Å². The van der Waals surface area contributed by atoms with Crippen molar-refractivity contribution in [1.82, 2.24) is 9.80 Å². The smallest absolute Gasteiger partial charge is 0.0589 e. The normalized spacial score (nSPS) is 23.6. The molecular formula is C17H29N3O. The summed E-state index contributed by atoms with van der Waals surface area (Å²) < 4.78 is 5.22. The van der Waals surface area contributed by atoms with E-state index >= 15 is 0 Å². The second-order valence-corrected chi connectivity index (χ2v) is 6.14. The molecule has 4 nitrogen and oxygen atoms in total. The lowest BCUT2D eigenvalue weighted by atomic mass is 9.87. The molecule has 4 heteroatoms. The van der Waals surface area contributed by atoms with Gasteiger partial charge in [-0.25, -0.2) is 0 Å². The van der Waals surface area contributed by atoms with Crippen LogP contribution in [0.25, 0.3) is 0 Å². The average Bonchev–Trinajstić information content (AvgIpc) is 2.53. The number of likely N-dealkylation sites (tertiary alicyclic amines) is 1. The van der Waals surface area contributed by atoms with Crippen molar-refractivity contribution >= 4 is 0 Å². The van der Waals surface area contributed by atoms with Gasteiger partial charge in [0.1, 0.15) is 0 Å². The van der Waals surface area contributed by atoms with E-state index in [1.165, 1.54) is 18.4 Å². The topological polar surface area (TPSA) is 41.7 Å². The maximum Gasteiger partial charge on any atom is 0.0589 e. The lowest BCUT2D eigenvalue weighted by molar-refractivity contribution is 0.0166. The van der Waals surface area contributed by atoms with E-state index in [0.29, 0.717) is 6.54 Å². The van der Waals surface area contributed by atoms with E-state index in [2.05, 4.69) is 47.2 Å². The summed E-state index contributed by atoms with van der Waals surface area (Å²) in [7, 11) is 3.93. The number of likely N-dealkylation sites (N-methyl/N-ethyl adjacent to an activating group) is 1. The molecule has 0 radical (unpaired) electrons. The summed E-state index contributed by atoms with van der Waals surface area (Å²) >= 11 is 0. The number of hydrogen-bond donors (Lipinski definition) is 1. The molecule has 21 heavy (non-hydrogen) atoms. The van der Waals surface area contributed by atoms with Crippen LogP contribution in [0.15, 0.2) is 30.3 Å². The molecule has 1 fully saturated rings. The number of ether oxygens (including phenoxy) is 1. The van der Waals surface area contributed by atoms with E-state index in [1.54, 1.807) is 7.11 Å². The minimum Gasteiger partial charge on any atom is -0.383 e. The Kier molecular flexibility index (Phi) is 6.18. The molecule has 1 aromatic rings. The number of methoxy groups -OCH3 is 1. The van der Waals surface area contributed by atoms with Crippen molar-refractivity contribution in [3.8, 4) is 0 Å². The molecule has 1 unspecified atom stereocenters. The van der Waals surface area contributed by atoms with Gasteiger partial charge in [0, 0.05) is 38.8 Å². The lowest BCUT2D eigenvalue weighted by Crippen LogP contribution is -2.61. The summed E-state index contributed by atoms with van der Waals surface area (Å²) in [6.07, 6.45) is 2.39. The van der Waals surface area contributed by atoms with Crippen LogP contribution in [0.4, 0.5) is 0 Å². The van der Waals surface area contributed by atoms with Gasteiger partial charge in [0.05, 0.1) is 6.61 Å². The Hall–Kier alpha value is -0.940. The van der Waals surface area contributed by atoms with Gasteiger partial charge in [0.2, 0.25) is 0 Å². The Labute approximate surface area is 128 Å². The first-order valence-electron chi connectivity index (χ1n) is 7.87. The van der Waals surface area contributed by atoms with Crippen molar-refractivity contribution in [2.75, 3.05) is 46.9 Å². The quantitative estimate of drug-likeness (QED) is 0.828. The van der Waals surface area contributed by atoms with Crippen LogP contribution in [0, 0.1) is 0 Å². The van der Waals surface area contributed by atoms with Crippen LogP contribution in [0.3, 0.4) is 0 Å². The van der Waals surface area contributed by atoms with Gasteiger partial charge in [-0.05, 0) is 32.0 Å². The van der Waals surface area contributed by atoms with E-state index in [4.69, 9.17) is 10.5 Å². The minimum atomic E-state index is 0.0888. The van der Waals surface area contributed by atoms with Crippen LogP contribution in [0.1, 0.15) is 18.4 Å². The molecule has 1 saturated heterocycles. The van der Waals surface area contributed by atoms with E-state index in [1.807, 2.05) is 0 Å². The molecule has 0 amide bonds. The largest absolute Gasteiger partial charge is 0.383 e. The Balaban J connectivity index is 2.00. The van der Waals surface area contributed by atoms with Crippen LogP contribution >= 0.6 is 0 Å². The van der Waals surface area contributed by atoms with Crippen LogP contribution in [-0.2, 0) is 11.3 Å². The zero-order chi connectivity index (χ0) is 15.1. The predicted molar refractivity (Wildman–Crippen MR) is 87.2 cm³/mol. The Morgan fingerprint density at radius 3 is 2.76 bits per heavy atom. The third-order valence-corrected chi connectivity index (χ3v) is 4.70. The van der Waals surface area contributed by atoms with Crippen LogP contribution in [-0.4, -0.2) is 62.3 Å². The second-order valence-electron chi connectivity index (χ2n) is 6.14.